The topological polar surface area (TPSA) is 38.3 Å². The quantitative estimate of drug-likeness (QED) is 0.335. The second kappa shape index (κ2) is 5.80. The van der Waals surface area contributed by atoms with E-state index in [4.69, 9.17) is 4.74 Å². The Kier molecular flexibility index (Phi) is 6.03. The molecule has 0 aromatic carbocycles. The second-order valence-electron chi connectivity index (χ2n) is 4.01. The van der Waals surface area contributed by atoms with Crippen LogP contribution in [0.15, 0.2) is 12.7 Å². The van der Waals surface area contributed by atoms with Gasteiger partial charge in [0.2, 0.25) is 5.91 Å². The van der Waals surface area contributed by atoms with E-state index in [9.17, 15) is 4.79 Å². The van der Waals surface area contributed by atoms with E-state index in [-0.39, 0.29) is 16.3 Å². The maximum absolute atomic E-state index is 11.1. The van der Waals surface area contributed by atoms with Crippen molar-refractivity contribution < 1.29 is 9.53 Å². The Labute approximate surface area is 115 Å². The Hall–Kier alpha value is 0.610. The Balaban J connectivity index is 4.37. The highest BCUT2D eigenvalue weighted by molar-refractivity contribution is 9.25. The van der Waals surface area contributed by atoms with Gasteiger partial charge in [0.15, 0.2) is 0 Å². The molecule has 0 rings (SSSR count). The van der Waals surface area contributed by atoms with Gasteiger partial charge >= 0.3 is 0 Å². The molecule has 0 spiro atoms. The fraction of sp³-hybridized carbons (Fsp3) is 0.667. The number of carbonyl (C=O) groups excluding carboxylic acids is 1. The summed E-state index contributed by atoms with van der Waals surface area (Å²) in [6, 6.07) is 0. The van der Waals surface area contributed by atoms with Crippen LogP contribution in [0.3, 0.4) is 0 Å². The van der Waals surface area contributed by atoms with E-state index in [0.29, 0.717) is 0 Å². The van der Waals surface area contributed by atoms with Gasteiger partial charge in [0.05, 0.1) is 0 Å². The molecule has 1 unspecified atom stereocenters. The molecule has 3 nitrogen and oxygen atoms in total. The first-order chi connectivity index (χ1) is 6.58. The molecule has 0 aliphatic heterocycles. The van der Waals surface area contributed by atoms with Crippen molar-refractivity contribution in [3.05, 3.63) is 12.7 Å². The fourth-order valence-corrected chi connectivity index (χ4v) is 2.08. The summed E-state index contributed by atoms with van der Waals surface area (Å²) in [4.78, 5) is 11.1. The first-order valence-corrected chi connectivity index (χ1v) is 6.73. The summed E-state index contributed by atoms with van der Waals surface area (Å²) in [5.74, 6) is -0.336. The van der Waals surface area contributed by atoms with Crippen LogP contribution in [0, 0.1) is 5.41 Å². The SMILES string of the molecule is C=CC(=O)NC(Br)(Br)OC(Br)C(C)(C)C. The zero-order valence-electron chi connectivity index (χ0n) is 8.81. The first kappa shape index (κ1) is 15.6. The van der Waals surface area contributed by atoms with Gasteiger partial charge in [-0.1, -0.05) is 43.3 Å². The molecule has 0 aliphatic carbocycles. The maximum atomic E-state index is 11.1. The summed E-state index contributed by atoms with van der Waals surface area (Å²) in [5, 5.41) is 2.31. The Morgan fingerprint density at radius 3 is 2.27 bits per heavy atom. The summed E-state index contributed by atoms with van der Waals surface area (Å²) < 4.78 is 4.45. The molecule has 1 N–H and O–H groups in total. The predicted octanol–water partition coefficient (Wildman–Crippen LogP) is 3.47. The van der Waals surface area contributed by atoms with Crippen LogP contribution in [-0.4, -0.2) is 14.5 Å². The molecule has 0 fully saturated rings. The van der Waals surface area contributed by atoms with Crippen molar-refractivity contribution in [1.82, 2.24) is 5.32 Å². The van der Waals surface area contributed by atoms with Crippen LogP contribution in [0.25, 0.3) is 0 Å². The summed E-state index contributed by atoms with van der Waals surface area (Å²) in [6.07, 6.45) is 1.17. The molecule has 6 heteroatoms. The van der Waals surface area contributed by atoms with E-state index < -0.39 is 3.54 Å². The summed E-state index contributed by atoms with van der Waals surface area (Å²) >= 11 is 9.79. The lowest BCUT2D eigenvalue weighted by Crippen LogP contribution is -2.43. The molecule has 0 heterocycles. The van der Waals surface area contributed by atoms with E-state index in [0.717, 1.165) is 0 Å². The molecule has 88 valence electrons. The molecule has 0 aromatic heterocycles. The van der Waals surface area contributed by atoms with Crippen LogP contribution >= 0.6 is 47.8 Å². The van der Waals surface area contributed by atoms with E-state index >= 15 is 0 Å². The average Bonchev–Trinajstić information content (AvgIpc) is 2.00. The minimum atomic E-state index is -1.09. The molecule has 0 saturated carbocycles. The number of halogens is 3. The van der Waals surface area contributed by atoms with Gasteiger partial charge in [0.1, 0.15) is 5.01 Å². The Morgan fingerprint density at radius 2 is 1.93 bits per heavy atom. The van der Waals surface area contributed by atoms with E-state index in [1.165, 1.54) is 6.08 Å². The number of ether oxygens (including phenoxy) is 1. The van der Waals surface area contributed by atoms with Gasteiger partial charge in [-0.3, -0.25) is 4.79 Å². The van der Waals surface area contributed by atoms with Crippen LogP contribution in [0.5, 0.6) is 0 Å². The number of hydrogen-bond acceptors (Lipinski definition) is 2. The van der Waals surface area contributed by atoms with E-state index in [2.05, 4.69) is 59.7 Å². The van der Waals surface area contributed by atoms with Gasteiger partial charge in [0.25, 0.3) is 3.54 Å². The molecule has 1 atom stereocenters. The van der Waals surface area contributed by atoms with Crippen molar-refractivity contribution in [2.24, 2.45) is 5.41 Å². The minimum Gasteiger partial charge on any atom is -0.322 e. The van der Waals surface area contributed by atoms with Crippen LogP contribution in [-0.2, 0) is 9.53 Å². The van der Waals surface area contributed by atoms with Crippen molar-refractivity contribution in [2.45, 2.75) is 29.3 Å². The van der Waals surface area contributed by atoms with Gasteiger partial charge < -0.3 is 10.1 Å². The smallest absolute Gasteiger partial charge is 0.257 e. The number of rotatable bonds is 4. The maximum Gasteiger partial charge on any atom is 0.257 e. The van der Waals surface area contributed by atoms with Crippen LogP contribution < -0.4 is 5.32 Å². The number of alkyl halides is 3. The van der Waals surface area contributed by atoms with Crippen molar-refractivity contribution in [3.8, 4) is 0 Å². The minimum absolute atomic E-state index is 0.0916. The molecule has 15 heavy (non-hydrogen) atoms. The molecule has 1 amide bonds. The average molecular weight is 408 g/mol. The third-order valence-electron chi connectivity index (χ3n) is 1.39. The van der Waals surface area contributed by atoms with Gasteiger partial charge in [-0.2, -0.15) is 0 Å². The lowest BCUT2D eigenvalue weighted by atomic mass is 9.99. The number of carbonyl (C=O) groups is 1. The van der Waals surface area contributed by atoms with Crippen LogP contribution in [0.2, 0.25) is 0 Å². The fourth-order valence-electron chi connectivity index (χ4n) is 0.531. The second-order valence-corrected chi connectivity index (χ2v) is 8.14. The highest BCUT2D eigenvalue weighted by atomic mass is 79.9. The first-order valence-electron chi connectivity index (χ1n) is 4.23. The summed E-state index contributed by atoms with van der Waals surface area (Å²) in [6.45, 7) is 9.39. The number of amides is 1. The normalized spacial score (nSPS) is 14.5. The standard InChI is InChI=1S/C9H14Br3NO2/c1-5-6(14)13-9(11,12)15-7(10)8(2,3)4/h5,7H,1H2,2-4H3,(H,13,14). The van der Waals surface area contributed by atoms with E-state index in [1.54, 1.807) is 0 Å². The van der Waals surface area contributed by atoms with Crippen LogP contribution in [0.4, 0.5) is 0 Å². The van der Waals surface area contributed by atoms with Crippen molar-refractivity contribution in [3.63, 3.8) is 0 Å². The monoisotopic (exact) mass is 405 g/mol. The van der Waals surface area contributed by atoms with Crippen LogP contribution in [0.1, 0.15) is 20.8 Å². The summed E-state index contributed by atoms with van der Waals surface area (Å²) in [7, 11) is 0. The Morgan fingerprint density at radius 1 is 1.47 bits per heavy atom. The molecular formula is C9H14Br3NO2. The molecule has 0 radical (unpaired) electrons. The highest BCUT2D eigenvalue weighted by Gasteiger charge is 2.33. The van der Waals surface area contributed by atoms with Crippen molar-refractivity contribution in [2.75, 3.05) is 0 Å². The molecule has 0 aromatic rings. The van der Waals surface area contributed by atoms with Crippen molar-refractivity contribution in [1.29, 1.82) is 0 Å². The molecule has 0 saturated heterocycles. The van der Waals surface area contributed by atoms with Gasteiger partial charge in [-0.25, -0.2) is 0 Å². The van der Waals surface area contributed by atoms with Gasteiger partial charge in [-0.15, -0.1) is 0 Å². The zero-order chi connectivity index (χ0) is 12.3. The molecular weight excluding hydrogens is 394 g/mol. The third-order valence-corrected chi connectivity index (χ3v) is 3.72. The zero-order valence-corrected chi connectivity index (χ0v) is 13.6. The number of nitrogens with one attached hydrogen (secondary N) is 1. The van der Waals surface area contributed by atoms with Crippen molar-refractivity contribution >= 4 is 53.7 Å². The molecule has 0 bridgehead atoms. The molecule has 0 aliphatic rings. The van der Waals surface area contributed by atoms with Gasteiger partial charge in [-0.05, 0) is 43.4 Å². The number of hydrogen-bond donors (Lipinski definition) is 1. The Bertz CT molecular complexity index is 248. The largest absolute Gasteiger partial charge is 0.322 e. The highest BCUT2D eigenvalue weighted by Crippen LogP contribution is 2.35. The van der Waals surface area contributed by atoms with E-state index in [1.807, 2.05) is 20.8 Å². The lowest BCUT2D eigenvalue weighted by molar-refractivity contribution is -0.120. The lowest BCUT2D eigenvalue weighted by Gasteiger charge is -2.32. The summed E-state index contributed by atoms with van der Waals surface area (Å²) in [5.41, 5.74) is -0.0916. The third kappa shape index (κ3) is 6.71. The predicted molar refractivity (Wildman–Crippen MR) is 72.2 cm³/mol. The van der Waals surface area contributed by atoms with Gasteiger partial charge in [0, 0.05) is 0 Å².